The Balaban J connectivity index is 1.58. The van der Waals surface area contributed by atoms with E-state index in [1.165, 1.54) is 10.4 Å². The number of ether oxygens (including phenoxy) is 2. The molecule has 30 heavy (non-hydrogen) atoms. The van der Waals surface area contributed by atoms with Gasteiger partial charge in [0.15, 0.2) is 16.6 Å². The maximum Gasteiger partial charge on any atom is 0.231 e. The summed E-state index contributed by atoms with van der Waals surface area (Å²) in [5.74, 6) is 1.93. The molecule has 0 fully saturated rings. The maximum atomic E-state index is 10.4. The standard InChI is InChI=1S/C22H22I2N2O3S/c1-22(2,3)20-18(7-12-4-5-16-17(6-12)29-11-28-16)30-21(26-20)25-10-13-8-14(23)9-15(24)19(13)27/h4-6,8-9,27H,7,10-11H2,1-3H3,(H,25,26). The second-order valence-corrected chi connectivity index (χ2v) is 11.6. The molecule has 8 heteroatoms. The van der Waals surface area contributed by atoms with Gasteiger partial charge in [0.2, 0.25) is 6.79 Å². The fourth-order valence-electron chi connectivity index (χ4n) is 3.29. The van der Waals surface area contributed by atoms with Gasteiger partial charge in [-0.05, 0) is 75.0 Å². The van der Waals surface area contributed by atoms with Gasteiger partial charge in [-0.25, -0.2) is 4.98 Å². The van der Waals surface area contributed by atoms with Gasteiger partial charge in [-0.3, -0.25) is 0 Å². The second kappa shape index (κ2) is 8.70. The van der Waals surface area contributed by atoms with E-state index in [4.69, 9.17) is 14.5 Å². The zero-order valence-electron chi connectivity index (χ0n) is 16.9. The summed E-state index contributed by atoms with van der Waals surface area (Å²) in [5.41, 5.74) is 3.07. The molecule has 1 aliphatic heterocycles. The van der Waals surface area contributed by atoms with Crippen LogP contribution in [0, 0.1) is 7.14 Å². The number of aromatic hydroxyl groups is 1. The van der Waals surface area contributed by atoms with Crippen molar-refractivity contribution in [3.8, 4) is 17.2 Å². The van der Waals surface area contributed by atoms with Gasteiger partial charge in [0.25, 0.3) is 0 Å². The first-order valence-electron chi connectivity index (χ1n) is 9.50. The smallest absolute Gasteiger partial charge is 0.231 e. The van der Waals surface area contributed by atoms with E-state index in [2.05, 4.69) is 77.3 Å². The van der Waals surface area contributed by atoms with Crippen molar-refractivity contribution < 1.29 is 14.6 Å². The van der Waals surface area contributed by atoms with Crippen molar-refractivity contribution in [2.75, 3.05) is 12.1 Å². The molecule has 2 N–H and O–H groups in total. The first-order valence-corrected chi connectivity index (χ1v) is 12.5. The molecule has 0 aliphatic carbocycles. The molecule has 158 valence electrons. The fraction of sp³-hybridized carbons (Fsp3) is 0.318. The van der Waals surface area contributed by atoms with Gasteiger partial charge in [-0.15, -0.1) is 11.3 Å². The first kappa shape index (κ1) is 21.9. The van der Waals surface area contributed by atoms with E-state index in [0.717, 1.165) is 41.4 Å². The molecule has 5 nitrogen and oxygen atoms in total. The van der Waals surface area contributed by atoms with E-state index in [-0.39, 0.29) is 12.2 Å². The minimum absolute atomic E-state index is 0.0677. The minimum Gasteiger partial charge on any atom is -0.506 e. The fourth-order valence-corrected chi connectivity index (χ4v) is 6.46. The molecule has 0 amide bonds. The number of rotatable bonds is 5. The maximum absolute atomic E-state index is 10.4. The van der Waals surface area contributed by atoms with Crippen LogP contribution in [0.25, 0.3) is 0 Å². The first-order chi connectivity index (χ1) is 14.2. The highest BCUT2D eigenvalue weighted by Crippen LogP contribution is 2.37. The van der Waals surface area contributed by atoms with E-state index >= 15 is 0 Å². The summed E-state index contributed by atoms with van der Waals surface area (Å²) < 4.78 is 12.9. The van der Waals surface area contributed by atoms with E-state index in [9.17, 15) is 5.11 Å². The molecule has 2 heterocycles. The topological polar surface area (TPSA) is 63.6 Å². The lowest BCUT2D eigenvalue weighted by Crippen LogP contribution is -2.14. The third-order valence-electron chi connectivity index (χ3n) is 4.75. The molecule has 0 atom stereocenters. The molecule has 4 rings (SSSR count). The molecule has 0 spiro atoms. The molecule has 0 bridgehead atoms. The van der Waals surface area contributed by atoms with Crippen LogP contribution < -0.4 is 14.8 Å². The predicted molar refractivity (Wildman–Crippen MR) is 137 cm³/mol. The number of hydrogen-bond acceptors (Lipinski definition) is 6. The number of thiazole rings is 1. The van der Waals surface area contributed by atoms with E-state index in [0.29, 0.717) is 12.3 Å². The van der Waals surface area contributed by atoms with Crippen molar-refractivity contribution in [3.63, 3.8) is 0 Å². The molecular formula is C22H22I2N2O3S. The van der Waals surface area contributed by atoms with Crippen molar-refractivity contribution in [2.24, 2.45) is 0 Å². The van der Waals surface area contributed by atoms with Crippen LogP contribution in [-0.4, -0.2) is 16.9 Å². The number of nitrogens with one attached hydrogen (secondary N) is 1. The Morgan fingerprint density at radius 2 is 1.90 bits per heavy atom. The van der Waals surface area contributed by atoms with Gasteiger partial charge in [-0.2, -0.15) is 0 Å². The molecule has 0 saturated carbocycles. The molecular weight excluding hydrogens is 626 g/mol. The second-order valence-electron chi connectivity index (χ2n) is 8.15. The minimum atomic E-state index is -0.0677. The van der Waals surface area contributed by atoms with Crippen molar-refractivity contribution in [1.82, 2.24) is 4.98 Å². The lowest BCUT2D eigenvalue weighted by atomic mass is 9.90. The van der Waals surface area contributed by atoms with Crippen LogP contribution in [0.15, 0.2) is 30.3 Å². The van der Waals surface area contributed by atoms with Crippen LogP contribution in [0.3, 0.4) is 0 Å². The summed E-state index contributed by atoms with van der Waals surface area (Å²) in [6.07, 6.45) is 0.787. The Morgan fingerprint density at radius 1 is 1.13 bits per heavy atom. The zero-order chi connectivity index (χ0) is 21.5. The summed E-state index contributed by atoms with van der Waals surface area (Å²) in [6, 6.07) is 10.1. The lowest BCUT2D eigenvalue weighted by molar-refractivity contribution is 0.174. The van der Waals surface area contributed by atoms with Gasteiger partial charge >= 0.3 is 0 Å². The van der Waals surface area contributed by atoms with Crippen molar-refractivity contribution in [1.29, 1.82) is 0 Å². The number of nitrogens with zero attached hydrogens (tertiary/aromatic N) is 1. The highest BCUT2D eigenvalue weighted by molar-refractivity contribution is 14.1. The number of halogens is 2. The molecule has 1 aliphatic rings. The summed E-state index contributed by atoms with van der Waals surface area (Å²) in [6.45, 7) is 7.36. The molecule has 2 aromatic carbocycles. The van der Waals surface area contributed by atoms with Crippen LogP contribution in [0.2, 0.25) is 0 Å². The number of phenolic OH excluding ortho intramolecular Hbond substituents is 1. The van der Waals surface area contributed by atoms with Crippen LogP contribution in [0.1, 0.15) is 42.5 Å². The lowest BCUT2D eigenvalue weighted by Gasteiger charge is -2.17. The van der Waals surface area contributed by atoms with Crippen LogP contribution >= 0.6 is 56.5 Å². The quantitative estimate of drug-likeness (QED) is 0.319. The van der Waals surface area contributed by atoms with Crippen molar-refractivity contribution >= 4 is 61.7 Å². The highest BCUT2D eigenvalue weighted by Gasteiger charge is 2.24. The predicted octanol–water partition coefficient (Wildman–Crippen LogP) is 6.29. The molecule has 3 aromatic rings. The van der Waals surface area contributed by atoms with E-state index in [1.54, 1.807) is 11.3 Å². The zero-order valence-corrected chi connectivity index (χ0v) is 22.0. The Morgan fingerprint density at radius 3 is 2.67 bits per heavy atom. The van der Waals surface area contributed by atoms with Crippen LogP contribution in [-0.2, 0) is 18.4 Å². The van der Waals surface area contributed by atoms with Crippen molar-refractivity contribution in [2.45, 2.75) is 39.2 Å². The van der Waals surface area contributed by atoms with Gasteiger partial charge in [-0.1, -0.05) is 26.8 Å². The van der Waals surface area contributed by atoms with Crippen LogP contribution in [0.5, 0.6) is 17.2 Å². The molecule has 0 radical (unpaired) electrons. The highest BCUT2D eigenvalue weighted by atomic mass is 127. The average Bonchev–Trinajstić information content (AvgIpc) is 3.29. The number of benzene rings is 2. The monoisotopic (exact) mass is 648 g/mol. The number of aromatic nitrogens is 1. The summed E-state index contributed by atoms with van der Waals surface area (Å²) in [5, 5.41) is 14.6. The summed E-state index contributed by atoms with van der Waals surface area (Å²) >= 11 is 6.10. The summed E-state index contributed by atoms with van der Waals surface area (Å²) in [4.78, 5) is 6.13. The number of fused-ring (bicyclic) bond motifs is 1. The van der Waals surface area contributed by atoms with Gasteiger partial charge in [0.1, 0.15) is 5.75 Å². The SMILES string of the molecule is CC(C)(C)c1nc(NCc2cc(I)cc(I)c2O)sc1Cc1ccc2c(c1)OCO2. The van der Waals surface area contributed by atoms with Gasteiger partial charge in [0, 0.05) is 32.4 Å². The average molecular weight is 648 g/mol. The van der Waals surface area contributed by atoms with Crippen molar-refractivity contribution in [3.05, 3.63) is 59.2 Å². The number of anilines is 1. The number of phenols is 1. The number of hydrogen-bond donors (Lipinski definition) is 2. The van der Waals surface area contributed by atoms with E-state index in [1.807, 2.05) is 24.3 Å². The Bertz CT molecular complexity index is 1090. The molecule has 0 saturated heterocycles. The third-order valence-corrected chi connectivity index (χ3v) is 7.20. The molecule has 0 unspecified atom stereocenters. The third kappa shape index (κ3) is 4.80. The Hall–Kier alpha value is -1.27. The van der Waals surface area contributed by atoms with Gasteiger partial charge < -0.3 is 19.9 Å². The van der Waals surface area contributed by atoms with Crippen LogP contribution in [0.4, 0.5) is 5.13 Å². The largest absolute Gasteiger partial charge is 0.506 e. The normalized spacial score (nSPS) is 13.0. The Labute approximate surface area is 207 Å². The van der Waals surface area contributed by atoms with Gasteiger partial charge in [0.05, 0.1) is 9.26 Å². The molecule has 1 aromatic heterocycles. The summed E-state index contributed by atoms with van der Waals surface area (Å²) in [7, 11) is 0. The van der Waals surface area contributed by atoms with E-state index < -0.39 is 0 Å². The Kier molecular flexibility index (Phi) is 6.36.